The molecule has 41 heavy (non-hydrogen) atoms. The Bertz CT molecular complexity index is 1660. The molecule has 9 heteroatoms. The van der Waals surface area contributed by atoms with Crippen LogP contribution in [0.25, 0.3) is 10.2 Å². The van der Waals surface area contributed by atoms with Crippen LogP contribution in [0.2, 0.25) is 0 Å². The van der Waals surface area contributed by atoms with Crippen LogP contribution < -0.4 is 24.0 Å². The molecule has 0 unspecified atom stereocenters. The van der Waals surface area contributed by atoms with Gasteiger partial charge >= 0.3 is 0 Å². The number of methoxy groups -OCH3 is 4. The molecule has 0 aliphatic rings. The summed E-state index contributed by atoms with van der Waals surface area (Å²) in [6.45, 7) is 0. The van der Waals surface area contributed by atoms with Crippen molar-refractivity contribution in [3.63, 3.8) is 0 Å². The number of carbonyl (C=O) groups is 1. The van der Waals surface area contributed by atoms with Gasteiger partial charge in [0.2, 0.25) is 10.9 Å². The zero-order valence-electron chi connectivity index (χ0n) is 23.2. The lowest BCUT2D eigenvalue weighted by atomic mass is 10.0. The van der Waals surface area contributed by atoms with Gasteiger partial charge in [0.15, 0.2) is 11.5 Å². The quantitative estimate of drug-likeness (QED) is 0.140. The summed E-state index contributed by atoms with van der Waals surface area (Å²) in [6.07, 6.45) is 2.34. The SMILES string of the molecule is COc1ccc2nc(N(/N=C/c3cc(OC)c(OC)c(OC)c3)C(=O)c3ccc(Cc4ccccc4)cc3)sc2c1. The zero-order chi connectivity index (χ0) is 28.8. The van der Waals surface area contributed by atoms with E-state index in [4.69, 9.17) is 23.9 Å². The van der Waals surface area contributed by atoms with Crippen molar-refractivity contribution < 1.29 is 23.7 Å². The minimum Gasteiger partial charge on any atom is -0.497 e. The molecule has 0 N–H and O–H groups in total. The van der Waals surface area contributed by atoms with Crippen molar-refractivity contribution in [2.75, 3.05) is 33.4 Å². The van der Waals surface area contributed by atoms with Gasteiger partial charge in [-0.1, -0.05) is 53.8 Å². The second-order valence-electron chi connectivity index (χ2n) is 9.01. The van der Waals surface area contributed by atoms with E-state index in [1.807, 2.05) is 60.7 Å². The van der Waals surface area contributed by atoms with Crippen molar-refractivity contribution in [3.8, 4) is 23.0 Å². The van der Waals surface area contributed by atoms with Gasteiger partial charge in [0, 0.05) is 11.1 Å². The van der Waals surface area contributed by atoms with Gasteiger partial charge in [0.25, 0.3) is 5.91 Å². The number of aromatic nitrogens is 1. The van der Waals surface area contributed by atoms with E-state index < -0.39 is 0 Å². The molecule has 8 nitrogen and oxygen atoms in total. The molecule has 208 valence electrons. The Hall–Kier alpha value is -4.89. The average Bonchev–Trinajstić information content (AvgIpc) is 3.44. The minimum absolute atomic E-state index is 0.314. The van der Waals surface area contributed by atoms with Crippen LogP contribution in [0.3, 0.4) is 0 Å². The van der Waals surface area contributed by atoms with Gasteiger partial charge < -0.3 is 18.9 Å². The predicted octanol–water partition coefficient (Wildman–Crippen LogP) is 6.60. The first kappa shape index (κ1) is 27.7. The van der Waals surface area contributed by atoms with Crippen molar-refractivity contribution >= 4 is 38.8 Å². The highest BCUT2D eigenvalue weighted by Crippen LogP contribution is 2.38. The number of hydrazone groups is 1. The van der Waals surface area contributed by atoms with Crippen LogP contribution in [0, 0.1) is 0 Å². The zero-order valence-corrected chi connectivity index (χ0v) is 24.0. The Morgan fingerprint density at radius 3 is 2.15 bits per heavy atom. The number of rotatable bonds is 10. The normalized spacial score (nSPS) is 11.0. The first-order valence-corrected chi connectivity index (χ1v) is 13.6. The van der Waals surface area contributed by atoms with E-state index in [-0.39, 0.29) is 5.91 Å². The summed E-state index contributed by atoms with van der Waals surface area (Å²) < 4.78 is 22.6. The summed E-state index contributed by atoms with van der Waals surface area (Å²) in [5.74, 6) is 1.82. The molecule has 5 rings (SSSR count). The molecule has 1 heterocycles. The van der Waals surface area contributed by atoms with Gasteiger partial charge in [0.1, 0.15) is 5.75 Å². The molecule has 0 radical (unpaired) electrons. The maximum absolute atomic E-state index is 13.9. The van der Waals surface area contributed by atoms with Crippen LogP contribution >= 0.6 is 11.3 Å². The molecule has 0 aliphatic heterocycles. The van der Waals surface area contributed by atoms with E-state index in [9.17, 15) is 4.79 Å². The van der Waals surface area contributed by atoms with Crippen LogP contribution in [0.5, 0.6) is 23.0 Å². The second-order valence-corrected chi connectivity index (χ2v) is 10.0. The van der Waals surface area contributed by atoms with Gasteiger partial charge in [0.05, 0.1) is 44.9 Å². The lowest BCUT2D eigenvalue weighted by Crippen LogP contribution is -2.25. The van der Waals surface area contributed by atoms with Gasteiger partial charge in [-0.3, -0.25) is 4.79 Å². The second kappa shape index (κ2) is 12.5. The standard InChI is InChI=1S/C32H29N3O5S/c1-37-25-14-15-26-29(19-25)41-32(34-26)35(33-20-23-17-27(38-2)30(40-4)28(18-23)39-3)31(36)24-12-10-22(11-13-24)16-21-8-6-5-7-9-21/h5-15,17-20H,16H2,1-4H3/b33-20+. The molecule has 1 aromatic heterocycles. The third-order valence-electron chi connectivity index (χ3n) is 6.42. The third kappa shape index (κ3) is 6.15. The molecule has 0 spiro atoms. The summed E-state index contributed by atoms with van der Waals surface area (Å²) in [6, 6.07) is 26.9. The number of hydrogen-bond acceptors (Lipinski definition) is 8. The lowest BCUT2D eigenvalue weighted by Gasteiger charge is -2.15. The Kier molecular flexibility index (Phi) is 8.45. The number of nitrogens with zero attached hydrogens (tertiary/aromatic N) is 3. The molecule has 0 bridgehead atoms. The van der Waals surface area contributed by atoms with Crippen molar-refractivity contribution in [2.24, 2.45) is 5.10 Å². The van der Waals surface area contributed by atoms with E-state index in [0.717, 1.165) is 22.2 Å². The van der Waals surface area contributed by atoms with Crippen molar-refractivity contribution in [2.45, 2.75) is 6.42 Å². The first-order valence-electron chi connectivity index (χ1n) is 12.8. The summed E-state index contributed by atoms with van der Waals surface area (Å²) in [7, 11) is 6.25. The molecule has 0 atom stereocenters. The summed E-state index contributed by atoms with van der Waals surface area (Å²) in [4.78, 5) is 18.6. The van der Waals surface area contributed by atoms with Crippen LogP contribution in [0.4, 0.5) is 5.13 Å². The van der Waals surface area contributed by atoms with Gasteiger partial charge in [-0.15, -0.1) is 0 Å². The highest BCUT2D eigenvalue weighted by atomic mass is 32.1. The van der Waals surface area contributed by atoms with Crippen LogP contribution in [0.1, 0.15) is 27.0 Å². The van der Waals surface area contributed by atoms with E-state index in [0.29, 0.717) is 39.3 Å². The number of ether oxygens (including phenoxy) is 4. The number of benzene rings is 4. The summed E-state index contributed by atoms with van der Waals surface area (Å²) in [5.41, 5.74) is 4.18. The number of thiazole rings is 1. The smallest absolute Gasteiger partial charge is 0.280 e. The summed E-state index contributed by atoms with van der Waals surface area (Å²) in [5, 5.41) is 6.34. The first-order chi connectivity index (χ1) is 20.0. The van der Waals surface area contributed by atoms with E-state index >= 15 is 0 Å². The number of hydrogen-bond donors (Lipinski definition) is 0. The molecule has 0 aliphatic carbocycles. The van der Waals surface area contributed by atoms with Crippen LogP contribution in [-0.4, -0.2) is 45.5 Å². The Labute approximate surface area is 242 Å². The van der Waals surface area contributed by atoms with Gasteiger partial charge in [-0.25, -0.2) is 4.98 Å². The molecule has 4 aromatic carbocycles. The van der Waals surface area contributed by atoms with E-state index in [1.165, 1.54) is 21.9 Å². The van der Waals surface area contributed by atoms with Crippen LogP contribution in [-0.2, 0) is 6.42 Å². The maximum Gasteiger partial charge on any atom is 0.280 e. The molecule has 0 fully saturated rings. The van der Waals surface area contributed by atoms with Crippen molar-refractivity contribution in [3.05, 3.63) is 107 Å². The highest BCUT2D eigenvalue weighted by molar-refractivity contribution is 7.22. The Morgan fingerprint density at radius 1 is 0.829 bits per heavy atom. The van der Waals surface area contributed by atoms with E-state index in [2.05, 4.69) is 17.2 Å². The number of fused-ring (bicyclic) bond motifs is 1. The topological polar surface area (TPSA) is 82.5 Å². The predicted molar refractivity (Wildman–Crippen MR) is 162 cm³/mol. The maximum atomic E-state index is 13.9. The molecule has 0 saturated carbocycles. The largest absolute Gasteiger partial charge is 0.497 e. The highest BCUT2D eigenvalue weighted by Gasteiger charge is 2.22. The van der Waals surface area contributed by atoms with Crippen molar-refractivity contribution in [1.29, 1.82) is 0 Å². The molecule has 0 saturated heterocycles. The molecule has 1 amide bonds. The van der Waals surface area contributed by atoms with E-state index in [1.54, 1.807) is 46.8 Å². The minimum atomic E-state index is -0.314. The molecule has 5 aromatic rings. The lowest BCUT2D eigenvalue weighted by molar-refractivity contribution is 0.0988. The molecular weight excluding hydrogens is 538 g/mol. The fourth-order valence-corrected chi connectivity index (χ4v) is 5.27. The fraction of sp³-hybridized carbons (Fsp3) is 0.156. The third-order valence-corrected chi connectivity index (χ3v) is 7.41. The molecular formula is C32H29N3O5S. The number of amides is 1. The van der Waals surface area contributed by atoms with Gasteiger partial charge in [-0.05, 0) is 60.0 Å². The summed E-state index contributed by atoms with van der Waals surface area (Å²) >= 11 is 1.35. The number of carbonyl (C=O) groups excluding carboxylic acids is 1. The van der Waals surface area contributed by atoms with Crippen molar-refractivity contribution in [1.82, 2.24) is 4.98 Å². The Balaban J connectivity index is 1.51. The number of anilines is 1. The monoisotopic (exact) mass is 567 g/mol. The van der Waals surface area contributed by atoms with Gasteiger partial charge in [-0.2, -0.15) is 10.1 Å². The average molecular weight is 568 g/mol. The fourth-order valence-electron chi connectivity index (χ4n) is 4.32. The Morgan fingerprint density at radius 2 is 1.51 bits per heavy atom. The van der Waals surface area contributed by atoms with Crippen LogP contribution in [0.15, 0.2) is 90.0 Å².